The van der Waals surface area contributed by atoms with Crippen LogP contribution in [0.4, 0.5) is 0 Å². The Morgan fingerprint density at radius 3 is 2.46 bits per heavy atom. The first-order valence-electron chi connectivity index (χ1n) is 9.11. The zero-order chi connectivity index (χ0) is 20.7. The van der Waals surface area contributed by atoms with Crippen molar-refractivity contribution in [3.8, 4) is 11.5 Å². The van der Waals surface area contributed by atoms with Crippen LogP contribution in [0.1, 0.15) is 49.4 Å². The molecule has 28 heavy (non-hydrogen) atoms. The van der Waals surface area contributed by atoms with Gasteiger partial charge in [0.15, 0.2) is 18.1 Å². The van der Waals surface area contributed by atoms with Crippen LogP contribution in [0, 0.1) is 0 Å². The number of methoxy groups -OCH3 is 1. The standard InChI is InChI=1S/C19H25ClN2O6/c1-3-27-18(25)19(7-5-4-6-8-19)22-17(24)12-9-13(20)16(14(10-12)26-2)28-11-15(21)23/h9-10H,3-8,11H2,1-2H3,(H2,21,23)(H,22,24). The van der Waals surface area contributed by atoms with Gasteiger partial charge in [-0.25, -0.2) is 4.79 Å². The summed E-state index contributed by atoms with van der Waals surface area (Å²) in [4.78, 5) is 36.3. The fourth-order valence-corrected chi connectivity index (χ4v) is 3.49. The highest BCUT2D eigenvalue weighted by molar-refractivity contribution is 6.32. The predicted octanol–water partition coefficient (Wildman–Crippen LogP) is 2.21. The van der Waals surface area contributed by atoms with E-state index in [2.05, 4.69) is 5.32 Å². The highest BCUT2D eigenvalue weighted by atomic mass is 35.5. The number of hydrogen-bond donors (Lipinski definition) is 2. The average Bonchev–Trinajstić information content (AvgIpc) is 2.67. The number of halogens is 1. The molecule has 0 aliphatic heterocycles. The summed E-state index contributed by atoms with van der Waals surface area (Å²) in [5.74, 6) is -1.29. The van der Waals surface area contributed by atoms with Gasteiger partial charge < -0.3 is 25.3 Å². The monoisotopic (exact) mass is 412 g/mol. The second kappa shape index (κ2) is 9.64. The van der Waals surface area contributed by atoms with Crippen LogP contribution in [0.3, 0.4) is 0 Å². The van der Waals surface area contributed by atoms with Gasteiger partial charge in [0.25, 0.3) is 11.8 Å². The second-order valence-corrected chi connectivity index (χ2v) is 6.97. The number of ether oxygens (including phenoxy) is 3. The number of carbonyl (C=O) groups excluding carboxylic acids is 3. The molecule has 0 aromatic heterocycles. The molecule has 1 fully saturated rings. The number of nitrogens with two attached hydrogens (primary N) is 1. The van der Waals surface area contributed by atoms with Gasteiger partial charge in [-0.15, -0.1) is 0 Å². The van der Waals surface area contributed by atoms with E-state index >= 15 is 0 Å². The third-order valence-corrected chi connectivity index (χ3v) is 4.86. The quantitative estimate of drug-likeness (QED) is 0.632. The fourth-order valence-electron chi connectivity index (χ4n) is 3.23. The molecule has 1 aliphatic rings. The second-order valence-electron chi connectivity index (χ2n) is 6.56. The summed E-state index contributed by atoms with van der Waals surface area (Å²) in [5, 5.41) is 2.92. The predicted molar refractivity (Wildman–Crippen MR) is 103 cm³/mol. The molecule has 0 heterocycles. The van der Waals surface area contributed by atoms with E-state index in [0.29, 0.717) is 12.8 Å². The minimum atomic E-state index is -1.05. The summed E-state index contributed by atoms with van der Waals surface area (Å²) in [6.45, 7) is 1.58. The molecule has 1 saturated carbocycles. The summed E-state index contributed by atoms with van der Waals surface area (Å²) in [6, 6.07) is 2.82. The molecule has 2 amide bonds. The number of primary amides is 1. The van der Waals surface area contributed by atoms with Crippen molar-refractivity contribution >= 4 is 29.4 Å². The molecule has 1 aliphatic carbocycles. The van der Waals surface area contributed by atoms with E-state index in [-0.39, 0.29) is 35.3 Å². The van der Waals surface area contributed by atoms with Crippen LogP contribution in [0.25, 0.3) is 0 Å². The number of esters is 1. The number of nitrogens with one attached hydrogen (secondary N) is 1. The highest BCUT2D eigenvalue weighted by Crippen LogP contribution is 2.37. The Kier molecular flexibility index (Phi) is 7.51. The van der Waals surface area contributed by atoms with Crippen molar-refractivity contribution < 1.29 is 28.6 Å². The minimum absolute atomic E-state index is 0.0829. The van der Waals surface area contributed by atoms with Gasteiger partial charge in [-0.2, -0.15) is 0 Å². The summed E-state index contributed by atoms with van der Waals surface area (Å²) in [7, 11) is 1.38. The zero-order valence-corrected chi connectivity index (χ0v) is 16.8. The molecule has 9 heteroatoms. The Morgan fingerprint density at radius 2 is 1.89 bits per heavy atom. The SMILES string of the molecule is CCOC(=O)C1(NC(=O)c2cc(Cl)c(OCC(N)=O)c(OC)c2)CCCCC1. The van der Waals surface area contributed by atoms with Gasteiger partial charge in [0.1, 0.15) is 5.54 Å². The molecular weight excluding hydrogens is 388 g/mol. The third-order valence-electron chi connectivity index (χ3n) is 4.58. The minimum Gasteiger partial charge on any atom is -0.493 e. The van der Waals surface area contributed by atoms with Gasteiger partial charge in [0.05, 0.1) is 18.7 Å². The van der Waals surface area contributed by atoms with Crippen molar-refractivity contribution in [2.24, 2.45) is 5.73 Å². The molecule has 0 bridgehead atoms. The Bertz CT molecular complexity index is 746. The van der Waals surface area contributed by atoms with Crippen molar-refractivity contribution in [1.29, 1.82) is 0 Å². The van der Waals surface area contributed by atoms with E-state index in [4.69, 9.17) is 31.5 Å². The number of benzene rings is 1. The lowest BCUT2D eigenvalue weighted by Crippen LogP contribution is -2.56. The molecular formula is C19H25ClN2O6. The molecule has 0 atom stereocenters. The summed E-state index contributed by atoms with van der Waals surface area (Å²) >= 11 is 6.20. The van der Waals surface area contributed by atoms with Crippen LogP contribution in [-0.4, -0.2) is 43.6 Å². The summed E-state index contributed by atoms with van der Waals surface area (Å²) < 4.78 is 15.7. The van der Waals surface area contributed by atoms with Gasteiger partial charge in [-0.05, 0) is 31.9 Å². The molecule has 0 spiro atoms. The number of hydrogen-bond acceptors (Lipinski definition) is 6. The topological polar surface area (TPSA) is 117 Å². The third kappa shape index (κ3) is 5.07. The first-order chi connectivity index (χ1) is 13.3. The molecule has 1 aromatic rings. The van der Waals surface area contributed by atoms with E-state index in [0.717, 1.165) is 19.3 Å². The van der Waals surface area contributed by atoms with Gasteiger partial charge in [-0.3, -0.25) is 9.59 Å². The van der Waals surface area contributed by atoms with E-state index in [1.54, 1.807) is 6.92 Å². The maximum Gasteiger partial charge on any atom is 0.331 e. The van der Waals surface area contributed by atoms with Crippen molar-refractivity contribution in [2.75, 3.05) is 20.3 Å². The Balaban J connectivity index is 2.27. The maximum absolute atomic E-state index is 12.9. The largest absolute Gasteiger partial charge is 0.493 e. The molecule has 3 N–H and O–H groups in total. The van der Waals surface area contributed by atoms with Crippen LogP contribution >= 0.6 is 11.6 Å². The first kappa shape index (κ1) is 21.8. The van der Waals surface area contributed by atoms with Crippen LogP contribution in [0.15, 0.2) is 12.1 Å². The number of carbonyl (C=O) groups is 3. The van der Waals surface area contributed by atoms with E-state index in [9.17, 15) is 14.4 Å². The fraction of sp³-hybridized carbons (Fsp3) is 0.526. The molecule has 0 saturated heterocycles. The van der Waals surface area contributed by atoms with Gasteiger partial charge in [0, 0.05) is 5.56 Å². The molecule has 0 radical (unpaired) electrons. The normalized spacial score (nSPS) is 15.4. The van der Waals surface area contributed by atoms with E-state index < -0.39 is 23.3 Å². The average molecular weight is 413 g/mol. The van der Waals surface area contributed by atoms with Gasteiger partial charge in [0.2, 0.25) is 0 Å². The van der Waals surface area contributed by atoms with Crippen LogP contribution in [-0.2, 0) is 14.3 Å². The lowest BCUT2D eigenvalue weighted by atomic mass is 9.81. The molecule has 1 aromatic carbocycles. The Hall–Kier alpha value is -2.48. The lowest BCUT2D eigenvalue weighted by molar-refractivity contribution is -0.152. The number of amides is 2. The van der Waals surface area contributed by atoms with Gasteiger partial charge in [-0.1, -0.05) is 30.9 Å². The van der Waals surface area contributed by atoms with Crippen LogP contribution < -0.4 is 20.5 Å². The summed E-state index contributed by atoms with van der Waals surface area (Å²) in [6.07, 6.45) is 3.68. The Morgan fingerprint density at radius 1 is 1.21 bits per heavy atom. The smallest absolute Gasteiger partial charge is 0.331 e. The van der Waals surface area contributed by atoms with Crippen LogP contribution in [0.5, 0.6) is 11.5 Å². The molecule has 0 unspecified atom stereocenters. The molecule has 8 nitrogen and oxygen atoms in total. The highest BCUT2D eigenvalue weighted by Gasteiger charge is 2.42. The van der Waals surface area contributed by atoms with Crippen molar-refractivity contribution in [3.63, 3.8) is 0 Å². The summed E-state index contributed by atoms with van der Waals surface area (Å²) in [5.41, 5.74) is 4.22. The lowest BCUT2D eigenvalue weighted by Gasteiger charge is -2.35. The first-order valence-corrected chi connectivity index (χ1v) is 9.49. The molecule has 2 rings (SSSR count). The van der Waals surface area contributed by atoms with Gasteiger partial charge >= 0.3 is 5.97 Å². The van der Waals surface area contributed by atoms with Crippen molar-refractivity contribution in [1.82, 2.24) is 5.32 Å². The van der Waals surface area contributed by atoms with Crippen molar-refractivity contribution in [3.05, 3.63) is 22.7 Å². The van der Waals surface area contributed by atoms with E-state index in [1.807, 2.05) is 0 Å². The van der Waals surface area contributed by atoms with Crippen LogP contribution in [0.2, 0.25) is 5.02 Å². The maximum atomic E-state index is 12.9. The molecule has 154 valence electrons. The zero-order valence-electron chi connectivity index (χ0n) is 16.0. The van der Waals surface area contributed by atoms with E-state index in [1.165, 1.54) is 19.2 Å². The Labute approximate surface area is 168 Å². The van der Waals surface area contributed by atoms with Crippen molar-refractivity contribution in [2.45, 2.75) is 44.6 Å². The number of rotatable bonds is 8.